The van der Waals surface area contributed by atoms with Crippen molar-refractivity contribution >= 4 is 23.5 Å². The van der Waals surface area contributed by atoms with Gasteiger partial charge in [0.05, 0.1) is 11.3 Å². The monoisotopic (exact) mass is 269 g/mol. The van der Waals surface area contributed by atoms with Gasteiger partial charge in [0.1, 0.15) is 6.07 Å². The van der Waals surface area contributed by atoms with E-state index in [2.05, 4.69) is 21.0 Å². The van der Waals surface area contributed by atoms with Crippen LogP contribution in [0.3, 0.4) is 0 Å². The van der Waals surface area contributed by atoms with Crippen LogP contribution >= 0.6 is 0 Å². The molecule has 0 atom stereocenters. The van der Waals surface area contributed by atoms with Crippen LogP contribution in [0.4, 0.5) is 23.5 Å². The maximum atomic E-state index is 9.15. The Morgan fingerprint density at radius 2 is 1.70 bits per heavy atom. The molecule has 0 radical (unpaired) electrons. The van der Waals surface area contributed by atoms with E-state index in [-0.39, 0.29) is 5.95 Å². The van der Waals surface area contributed by atoms with E-state index in [1.807, 2.05) is 32.3 Å². The molecular formula is C13H15N7. The number of nitrogen functional groups attached to an aromatic ring is 1. The number of nitrogens with two attached hydrogens (primary N) is 1. The summed E-state index contributed by atoms with van der Waals surface area (Å²) in [5.74, 6) is 0.998. The fourth-order valence-corrected chi connectivity index (χ4v) is 1.69. The first-order chi connectivity index (χ1) is 9.52. The van der Waals surface area contributed by atoms with E-state index in [0.29, 0.717) is 23.1 Å². The van der Waals surface area contributed by atoms with Crippen molar-refractivity contribution in [2.75, 3.05) is 36.7 Å². The van der Waals surface area contributed by atoms with Gasteiger partial charge in [-0.2, -0.15) is 20.2 Å². The Bertz CT molecular complexity index is 660. The fraction of sp³-hybridized carbons (Fsp3) is 0.231. The van der Waals surface area contributed by atoms with Crippen molar-refractivity contribution in [3.8, 4) is 6.07 Å². The summed E-state index contributed by atoms with van der Waals surface area (Å²) >= 11 is 0. The minimum absolute atomic E-state index is 0.139. The highest BCUT2D eigenvalue weighted by molar-refractivity contribution is 5.65. The van der Waals surface area contributed by atoms with Gasteiger partial charge in [0.2, 0.25) is 17.8 Å². The molecule has 2 aromatic rings. The first-order valence-corrected chi connectivity index (χ1v) is 5.94. The summed E-state index contributed by atoms with van der Waals surface area (Å²) in [6.07, 6.45) is 0. The lowest BCUT2D eigenvalue weighted by Gasteiger charge is -2.20. The highest BCUT2D eigenvalue weighted by atomic mass is 15.3. The number of anilines is 4. The molecule has 0 unspecified atom stereocenters. The van der Waals surface area contributed by atoms with E-state index in [9.17, 15) is 0 Å². The van der Waals surface area contributed by atoms with E-state index in [0.717, 1.165) is 0 Å². The van der Waals surface area contributed by atoms with Gasteiger partial charge in [-0.3, -0.25) is 0 Å². The number of nitriles is 1. The molecule has 0 amide bonds. The van der Waals surface area contributed by atoms with Crippen molar-refractivity contribution in [1.29, 1.82) is 5.26 Å². The molecule has 0 bridgehead atoms. The molecule has 0 fully saturated rings. The topological polar surface area (TPSA) is 95.0 Å². The van der Waals surface area contributed by atoms with Gasteiger partial charge in [0.25, 0.3) is 0 Å². The number of benzene rings is 1. The third-order valence-electron chi connectivity index (χ3n) is 2.71. The van der Waals surface area contributed by atoms with Crippen LogP contribution in [0.15, 0.2) is 24.3 Å². The summed E-state index contributed by atoms with van der Waals surface area (Å²) in [6, 6.07) is 9.37. The molecule has 0 aliphatic heterocycles. The molecule has 7 nitrogen and oxygen atoms in total. The van der Waals surface area contributed by atoms with Crippen LogP contribution in [-0.2, 0) is 0 Å². The zero-order valence-corrected chi connectivity index (χ0v) is 11.6. The summed E-state index contributed by atoms with van der Waals surface area (Å²) in [4.78, 5) is 15.9. The molecule has 20 heavy (non-hydrogen) atoms. The molecule has 0 saturated carbocycles. The molecule has 2 rings (SSSR count). The molecule has 2 N–H and O–H groups in total. The maximum Gasteiger partial charge on any atom is 0.236 e. The third kappa shape index (κ3) is 2.59. The minimum Gasteiger partial charge on any atom is -0.368 e. The Morgan fingerprint density at radius 1 is 1.05 bits per heavy atom. The summed E-state index contributed by atoms with van der Waals surface area (Å²) in [5.41, 5.74) is 6.96. The largest absolute Gasteiger partial charge is 0.368 e. The van der Waals surface area contributed by atoms with Gasteiger partial charge in [0, 0.05) is 21.1 Å². The predicted octanol–water partition coefficient (Wildman–Crippen LogP) is 1.16. The first kappa shape index (κ1) is 13.5. The van der Waals surface area contributed by atoms with E-state index in [1.165, 1.54) is 0 Å². The first-order valence-electron chi connectivity index (χ1n) is 5.94. The van der Waals surface area contributed by atoms with E-state index in [1.54, 1.807) is 22.9 Å². The molecule has 102 valence electrons. The van der Waals surface area contributed by atoms with Gasteiger partial charge in [-0.05, 0) is 12.1 Å². The number of rotatable bonds is 3. The van der Waals surface area contributed by atoms with Crippen molar-refractivity contribution in [1.82, 2.24) is 15.0 Å². The van der Waals surface area contributed by atoms with Gasteiger partial charge in [-0.1, -0.05) is 12.1 Å². The van der Waals surface area contributed by atoms with Crippen LogP contribution in [0.2, 0.25) is 0 Å². The molecule has 0 aliphatic carbocycles. The molecule has 1 aromatic carbocycles. The molecular weight excluding hydrogens is 254 g/mol. The smallest absolute Gasteiger partial charge is 0.236 e. The second-order valence-electron chi connectivity index (χ2n) is 4.38. The Morgan fingerprint density at radius 3 is 2.35 bits per heavy atom. The van der Waals surface area contributed by atoms with Crippen molar-refractivity contribution in [3.05, 3.63) is 29.8 Å². The fourth-order valence-electron chi connectivity index (χ4n) is 1.69. The minimum atomic E-state index is 0.139. The average molecular weight is 269 g/mol. The molecule has 0 spiro atoms. The average Bonchev–Trinajstić information content (AvgIpc) is 2.45. The quantitative estimate of drug-likeness (QED) is 0.893. The lowest BCUT2D eigenvalue weighted by Crippen LogP contribution is -2.20. The number of para-hydroxylation sites is 1. The molecule has 1 heterocycles. The van der Waals surface area contributed by atoms with Gasteiger partial charge < -0.3 is 15.5 Å². The molecule has 0 saturated heterocycles. The Hall–Kier alpha value is -2.88. The number of aromatic nitrogens is 3. The highest BCUT2D eigenvalue weighted by Gasteiger charge is 2.14. The van der Waals surface area contributed by atoms with Crippen molar-refractivity contribution < 1.29 is 0 Å². The van der Waals surface area contributed by atoms with Crippen molar-refractivity contribution in [2.24, 2.45) is 0 Å². The second-order valence-corrected chi connectivity index (χ2v) is 4.38. The van der Waals surface area contributed by atoms with Gasteiger partial charge in [0.15, 0.2) is 0 Å². The summed E-state index contributed by atoms with van der Waals surface area (Å²) in [6.45, 7) is 0. The van der Waals surface area contributed by atoms with Crippen LogP contribution in [0.25, 0.3) is 0 Å². The van der Waals surface area contributed by atoms with Gasteiger partial charge in [-0.15, -0.1) is 0 Å². The van der Waals surface area contributed by atoms with Crippen molar-refractivity contribution in [3.63, 3.8) is 0 Å². The zero-order chi connectivity index (χ0) is 14.7. The maximum absolute atomic E-state index is 9.15. The van der Waals surface area contributed by atoms with Crippen LogP contribution in [0.5, 0.6) is 0 Å². The second kappa shape index (κ2) is 5.40. The lowest BCUT2D eigenvalue weighted by atomic mass is 10.2. The Balaban J connectivity index is 2.48. The molecule has 7 heteroatoms. The summed E-state index contributed by atoms with van der Waals surface area (Å²) in [7, 11) is 5.42. The van der Waals surface area contributed by atoms with E-state index >= 15 is 0 Å². The summed E-state index contributed by atoms with van der Waals surface area (Å²) < 4.78 is 0. The Labute approximate surface area is 117 Å². The van der Waals surface area contributed by atoms with Crippen molar-refractivity contribution in [2.45, 2.75) is 0 Å². The van der Waals surface area contributed by atoms with Crippen LogP contribution < -0.4 is 15.5 Å². The van der Waals surface area contributed by atoms with Crippen LogP contribution in [0.1, 0.15) is 5.56 Å². The van der Waals surface area contributed by atoms with E-state index in [4.69, 9.17) is 11.0 Å². The highest BCUT2D eigenvalue weighted by Crippen LogP contribution is 2.25. The molecule has 1 aromatic heterocycles. The lowest BCUT2D eigenvalue weighted by molar-refractivity contribution is 0.938. The SMILES string of the molecule is CN(C)c1nc(N)nc(N(C)c2ccccc2C#N)n1. The number of nitrogens with zero attached hydrogens (tertiary/aromatic N) is 6. The number of hydrogen-bond donors (Lipinski definition) is 1. The summed E-state index contributed by atoms with van der Waals surface area (Å²) in [5, 5.41) is 9.15. The third-order valence-corrected chi connectivity index (χ3v) is 2.71. The Kier molecular flexibility index (Phi) is 3.66. The zero-order valence-electron chi connectivity index (χ0n) is 11.6. The standard InChI is InChI=1S/C13H15N7/c1-19(2)12-16-11(15)17-13(18-12)20(3)10-7-5-4-6-9(10)8-14/h4-7H,1-3H3,(H2,15,16,17,18). The van der Waals surface area contributed by atoms with E-state index < -0.39 is 0 Å². The predicted molar refractivity (Wildman–Crippen MR) is 77.8 cm³/mol. The van der Waals surface area contributed by atoms with Crippen LogP contribution in [0, 0.1) is 11.3 Å². The number of hydrogen-bond acceptors (Lipinski definition) is 7. The van der Waals surface area contributed by atoms with Gasteiger partial charge in [-0.25, -0.2) is 0 Å². The van der Waals surface area contributed by atoms with Crippen LogP contribution in [-0.4, -0.2) is 36.1 Å². The molecule has 0 aliphatic rings. The van der Waals surface area contributed by atoms with Gasteiger partial charge >= 0.3 is 0 Å². The normalized spacial score (nSPS) is 9.90.